The molecular formula is C12H15ClN4. The van der Waals surface area contributed by atoms with Gasteiger partial charge in [0.15, 0.2) is 0 Å². The van der Waals surface area contributed by atoms with Gasteiger partial charge in [-0.2, -0.15) is 5.10 Å². The van der Waals surface area contributed by atoms with E-state index in [4.69, 9.17) is 17.3 Å². The van der Waals surface area contributed by atoms with Crippen LogP contribution in [0.15, 0.2) is 24.3 Å². The molecule has 0 bridgehead atoms. The van der Waals surface area contributed by atoms with Crippen molar-refractivity contribution in [1.82, 2.24) is 9.78 Å². The summed E-state index contributed by atoms with van der Waals surface area (Å²) in [5.41, 5.74) is 8.43. The molecule has 1 aromatic carbocycles. The van der Waals surface area contributed by atoms with Crippen LogP contribution in [-0.2, 0) is 13.6 Å². The molecule has 0 amide bonds. The number of nitrogens with zero attached hydrogens (tertiary/aromatic N) is 2. The number of aromatic nitrogens is 2. The van der Waals surface area contributed by atoms with Gasteiger partial charge in [-0.15, -0.1) is 0 Å². The summed E-state index contributed by atoms with van der Waals surface area (Å²) in [4.78, 5) is 0. The number of halogens is 1. The molecule has 2 rings (SSSR count). The lowest BCUT2D eigenvalue weighted by atomic mass is 10.2. The third-order valence-corrected chi connectivity index (χ3v) is 2.88. The normalized spacial score (nSPS) is 10.5. The highest BCUT2D eigenvalue weighted by atomic mass is 35.5. The molecule has 4 nitrogen and oxygen atoms in total. The highest BCUT2D eigenvalue weighted by Crippen LogP contribution is 2.20. The van der Waals surface area contributed by atoms with Crippen LogP contribution in [0.1, 0.15) is 11.3 Å². The largest absolute Gasteiger partial charge is 0.398 e. The van der Waals surface area contributed by atoms with E-state index in [2.05, 4.69) is 10.4 Å². The third kappa shape index (κ3) is 2.71. The summed E-state index contributed by atoms with van der Waals surface area (Å²) in [6, 6.07) is 7.63. The molecule has 1 heterocycles. The summed E-state index contributed by atoms with van der Waals surface area (Å²) >= 11 is 5.87. The van der Waals surface area contributed by atoms with Crippen LogP contribution in [0.5, 0.6) is 0 Å². The van der Waals surface area contributed by atoms with Gasteiger partial charge in [-0.05, 0) is 24.6 Å². The number of nitrogens with one attached hydrogen (secondary N) is 1. The highest BCUT2D eigenvalue weighted by Gasteiger charge is 2.02. The Morgan fingerprint density at radius 2 is 2.18 bits per heavy atom. The number of aryl methyl sites for hydroxylation is 2. The highest BCUT2D eigenvalue weighted by molar-refractivity contribution is 6.33. The van der Waals surface area contributed by atoms with E-state index in [-0.39, 0.29) is 0 Å². The Labute approximate surface area is 105 Å². The minimum absolute atomic E-state index is 0.588. The number of nitrogens with two attached hydrogens (primary N) is 1. The van der Waals surface area contributed by atoms with Gasteiger partial charge < -0.3 is 11.1 Å². The standard InChI is InChI=1S/C12H15ClN4/c1-8-5-12(17(2)16-8)15-7-9-3-4-10(13)11(14)6-9/h3-6,15H,7,14H2,1-2H3. The molecule has 0 unspecified atom stereocenters. The van der Waals surface area contributed by atoms with E-state index in [1.165, 1.54) is 0 Å². The first kappa shape index (κ1) is 11.8. The number of benzene rings is 1. The Hall–Kier alpha value is -1.68. The molecule has 90 valence electrons. The number of nitrogen functional groups attached to an aromatic ring is 1. The minimum Gasteiger partial charge on any atom is -0.398 e. The summed E-state index contributed by atoms with van der Waals surface area (Å²) in [5, 5.41) is 8.15. The average Bonchev–Trinajstić information content (AvgIpc) is 2.59. The van der Waals surface area contributed by atoms with Crippen LogP contribution in [0.2, 0.25) is 5.02 Å². The van der Waals surface area contributed by atoms with Gasteiger partial charge in [-0.1, -0.05) is 17.7 Å². The summed E-state index contributed by atoms with van der Waals surface area (Å²) in [6.45, 7) is 2.66. The SMILES string of the molecule is Cc1cc(NCc2ccc(Cl)c(N)c2)n(C)n1. The molecule has 1 aromatic heterocycles. The van der Waals surface area contributed by atoms with Crippen molar-refractivity contribution in [1.29, 1.82) is 0 Å². The second-order valence-corrected chi connectivity index (χ2v) is 4.41. The molecule has 0 aliphatic rings. The maximum atomic E-state index is 5.87. The number of rotatable bonds is 3. The lowest BCUT2D eigenvalue weighted by Gasteiger charge is -2.07. The van der Waals surface area contributed by atoms with Gasteiger partial charge in [-0.3, -0.25) is 4.68 Å². The zero-order valence-corrected chi connectivity index (χ0v) is 10.6. The van der Waals surface area contributed by atoms with E-state index < -0.39 is 0 Å². The average molecular weight is 251 g/mol. The predicted octanol–water partition coefficient (Wildman–Crippen LogP) is 2.58. The van der Waals surface area contributed by atoms with Crippen molar-refractivity contribution in [2.24, 2.45) is 7.05 Å². The second kappa shape index (κ2) is 4.67. The predicted molar refractivity (Wildman–Crippen MR) is 71.1 cm³/mol. The zero-order chi connectivity index (χ0) is 12.4. The summed E-state index contributed by atoms with van der Waals surface area (Å²) < 4.78 is 1.81. The molecule has 0 radical (unpaired) electrons. The fourth-order valence-corrected chi connectivity index (χ4v) is 1.79. The monoisotopic (exact) mass is 250 g/mol. The Morgan fingerprint density at radius 3 is 2.76 bits per heavy atom. The van der Waals surface area contributed by atoms with Crippen molar-refractivity contribution in [3.8, 4) is 0 Å². The molecule has 0 aliphatic carbocycles. The van der Waals surface area contributed by atoms with Gasteiger partial charge >= 0.3 is 0 Å². The first-order valence-electron chi connectivity index (χ1n) is 5.34. The van der Waals surface area contributed by atoms with Crippen LogP contribution in [0.25, 0.3) is 0 Å². The van der Waals surface area contributed by atoms with Crippen LogP contribution in [-0.4, -0.2) is 9.78 Å². The smallest absolute Gasteiger partial charge is 0.124 e. The molecule has 0 fully saturated rings. The van der Waals surface area contributed by atoms with E-state index in [1.807, 2.05) is 42.9 Å². The lowest BCUT2D eigenvalue weighted by Crippen LogP contribution is -2.04. The Morgan fingerprint density at radius 1 is 1.41 bits per heavy atom. The van der Waals surface area contributed by atoms with Crippen molar-refractivity contribution in [3.63, 3.8) is 0 Å². The van der Waals surface area contributed by atoms with Gasteiger partial charge in [0.25, 0.3) is 0 Å². The maximum absolute atomic E-state index is 5.87. The van der Waals surface area contributed by atoms with E-state index in [0.717, 1.165) is 17.1 Å². The van der Waals surface area contributed by atoms with Crippen molar-refractivity contribution in [3.05, 3.63) is 40.5 Å². The van der Waals surface area contributed by atoms with Gasteiger partial charge in [0, 0.05) is 19.7 Å². The Kier molecular flexibility index (Phi) is 3.24. The van der Waals surface area contributed by atoms with Crippen molar-refractivity contribution < 1.29 is 0 Å². The van der Waals surface area contributed by atoms with E-state index >= 15 is 0 Å². The molecule has 3 N–H and O–H groups in total. The first-order chi connectivity index (χ1) is 8.06. The molecule has 5 heteroatoms. The van der Waals surface area contributed by atoms with Crippen LogP contribution in [0, 0.1) is 6.92 Å². The molecule has 0 saturated carbocycles. The van der Waals surface area contributed by atoms with Crippen LogP contribution >= 0.6 is 11.6 Å². The summed E-state index contributed by atoms with van der Waals surface area (Å²) in [7, 11) is 1.91. The van der Waals surface area contributed by atoms with Gasteiger partial charge in [0.1, 0.15) is 5.82 Å². The van der Waals surface area contributed by atoms with Gasteiger partial charge in [-0.25, -0.2) is 0 Å². The second-order valence-electron chi connectivity index (χ2n) is 4.00. The van der Waals surface area contributed by atoms with Gasteiger partial charge in [0.2, 0.25) is 0 Å². The van der Waals surface area contributed by atoms with Crippen LogP contribution < -0.4 is 11.1 Å². The molecule has 0 aliphatic heterocycles. The lowest BCUT2D eigenvalue weighted by molar-refractivity contribution is 0.758. The Balaban J connectivity index is 2.07. The topological polar surface area (TPSA) is 55.9 Å². The molecular weight excluding hydrogens is 236 g/mol. The quantitative estimate of drug-likeness (QED) is 0.824. The molecule has 0 atom stereocenters. The van der Waals surface area contributed by atoms with Crippen molar-refractivity contribution in [2.45, 2.75) is 13.5 Å². The van der Waals surface area contributed by atoms with Gasteiger partial charge in [0.05, 0.1) is 16.4 Å². The number of anilines is 2. The van der Waals surface area contributed by atoms with E-state index in [1.54, 1.807) is 0 Å². The molecule has 0 spiro atoms. The Bertz CT molecular complexity index is 533. The van der Waals surface area contributed by atoms with E-state index in [0.29, 0.717) is 17.3 Å². The van der Waals surface area contributed by atoms with E-state index in [9.17, 15) is 0 Å². The number of hydrogen-bond donors (Lipinski definition) is 2. The zero-order valence-electron chi connectivity index (χ0n) is 9.87. The molecule has 0 saturated heterocycles. The molecule has 17 heavy (non-hydrogen) atoms. The van der Waals surface area contributed by atoms with Crippen molar-refractivity contribution in [2.75, 3.05) is 11.1 Å². The van der Waals surface area contributed by atoms with Crippen LogP contribution in [0.4, 0.5) is 11.5 Å². The molecule has 2 aromatic rings. The van der Waals surface area contributed by atoms with Crippen molar-refractivity contribution >= 4 is 23.1 Å². The maximum Gasteiger partial charge on any atom is 0.124 e. The summed E-state index contributed by atoms with van der Waals surface area (Å²) in [6.07, 6.45) is 0. The summed E-state index contributed by atoms with van der Waals surface area (Å²) in [5.74, 6) is 0.982. The minimum atomic E-state index is 0.588. The third-order valence-electron chi connectivity index (χ3n) is 2.54. The fraction of sp³-hybridized carbons (Fsp3) is 0.250. The fourth-order valence-electron chi connectivity index (χ4n) is 1.67. The van der Waals surface area contributed by atoms with Crippen LogP contribution in [0.3, 0.4) is 0 Å². The number of hydrogen-bond acceptors (Lipinski definition) is 3. The first-order valence-corrected chi connectivity index (χ1v) is 5.72.